The van der Waals surface area contributed by atoms with Crippen LogP contribution in [0.5, 0.6) is 0 Å². The summed E-state index contributed by atoms with van der Waals surface area (Å²) in [6, 6.07) is 9.40. The van der Waals surface area contributed by atoms with Gasteiger partial charge in [0.2, 0.25) is 0 Å². The molecular formula is C11H7BrN2O4. The smallest absolute Gasteiger partial charge is 0.395 e. The molecule has 0 aliphatic rings. The Morgan fingerprint density at radius 2 is 2.00 bits per heavy atom. The zero-order chi connectivity index (χ0) is 13.1. The van der Waals surface area contributed by atoms with Crippen LogP contribution in [-0.2, 0) is 0 Å². The van der Waals surface area contributed by atoms with Gasteiger partial charge in [-0.3, -0.25) is 14.9 Å². The number of rotatable bonds is 3. The van der Waals surface area contributed by atoms with Gasteiger partial charge in [0.05, 0.1) is 11.8 Å². The molecule has 7 heteroatoms. The van der Waals surface area contributed by atoms with E-state index in [1.807, 2.05) is 0 Å². The van der Waals surface area contributed by atoms with Crippen LogP contribution in [0.3, 0.4) is 0 Å². The van der Waals surface area contributed by atoms with Crippen molar-refractivity contribution in [2.75, 3.05) is 5.32 Å². The molecular weight excluding hydrogens is 304 g/mol. The molecule has 1 N–H and O–H groups in total. The van der Waals surface area contributed by atoms with Crippen LogP contribution in [0, 0.1) is 10.1 Å². The second-order valence-electron chi connectivity index (χ2n) is 3.33. The van der Waals surface area contributed by atoms with Crippen molar-refractivity contribution in [3.63, 3.8) is 0 Å². The molecule has 1 aromatic heterocycles. The highest BCUT2D eigenvalue weighted by Gasteiger charge is 2.17. The molecule has 0 atom stereocenters. The normalized spacial score (nSPS) is 10.1. The lowest BCUT2D eigenvalue weighted by Gasteiger charge is -2.04. The lowest BCUT2D eigenvalue weighted by Crippen LogP contribution is -2.11. The first kappa shape index (κ1) is 12.3. The summed E-state index contributed by atoms with van der Waals surface area (Å²) in [5.41, 5.74) is 0.557. The molecule has 1 amide bonds. The Hall–Kier alpha value is -2.15. The van der Waals surface area contributed by atoms with Crippen LogP contribution in [0.1, 0.15) is 10.6 Å². The van der Waals surface area contributed by atoms with E-state index >= 15 is 0 Å². The lowest BCUT2D eigenvalue weighted by molar-refractivity contribution is -0.402. The fourth-order valence-electron chi connectivity index (χ4n) is 1.29. The van der Waals surface area contributed by atoms with Gasteiger partial charge in [-0.05, 0) is 34.1 Å². The Kier molecular flexibility index (Phi) is 3.42. The maximum absolute atomic E-state index is 11.8. The average Bonchev–Trinajstić information content (AvgIpc) is 2.81. The summed E-state index contributed by atoms with van der Waals surface area (Å²) in [6.45, 7) is 0. The summed E-state index contributed by atoms with van der Waals surface area (Å²) >= 11 is 3.27. The van der Waals surface area contributed by atoms with Gasteiger partial charge in [0.25, 0.3) is 5.91 Å². The third kappa shape index (κ3) is 2.57. The molecule has 6 nitrogen and oxygen atoms in total. The number of carbonyl (C=O) groups excluding carboxylic acids is 1. The van der Waals surface area contributed by atoms with Gasteiger partial charge in [0.1, 0.15) is 4.92 Å². The maximum Gasteiger partial charge on any atom is 0.433 e. The van der Waals surface area contributed by atoms with E-state index in [2.05, 4.69) is 21.2 Å². The van der Waals surface area contributed by atoms with E-state index in [-0.39, 0.29) is 5.76 Å². The number of nitro groups is 1. The highest BCUT2D eigenvalue weighted by Crippen LogP contribution is 2.23. The van der Waals surface area contributed by atoms with E-state index in [4.69, 9.17) is 4.42 Å². The fraction of sp³-hybridized carbons (Fsp3) is 0. The van der Waals surface area contributed by atoms with Crippen molar-refractivity contribution >= 4 is 33.4 Å². The minimum Gasteiger partial charge on any atom is -0.395 e. The molecule has 0 fully saturated rings. The van der Waals surface area contributed by atoms with Crippen molar-refractivity contribution in [3.8, 4) is 0 Å². The number of benzene rings is 1. The highest BCUT2D eigenvalue weighted by atomic mass is 79.9. The summed E-state index contributed by atoms with van der Waals surface area (Å²) in [5, 5.41) is 13.0. The number of hydrogen-bond acceptors (Lipinski definition) is 4. The van der Waals surface area contributed by atoms with Crippen LogP contribution >= 0.6 is 15.9 Å². The SMILES string of the molecule is O=C(Nc1ccccc1Br)c1ccc([N+](=O)[O-])o1. The molecule has 0 bridgehead atoms. The Balaban J connectivity index is 2.17. The molecule has 18 heavy (non-hydrogen) atoms. The fourth-order valence-corrected chi connectivity index (χ4v) is 1.68. The Labute approximate surface area is 110 Å². The second kappa shape index (κ2) is 5.01. The largest absolute Gasteiger partial charge is 0.433 e. The minimum absolute atomic E-state index is 0.113. The molecule has 0 radical (unpaired) electrons. The number of amides is 1. The minimum atomic E-state index is -0.699. The van der Waals surface area contributed by atoms with E-state index < -0.39 is 16.7 Å². The number of halogens is 1. The number of carbonyl (C=O) groups is 1. The van der Waals surface area contributed by atoms with E-state index in [0.717, 1.165) is 6.07 Å². The summed E-state index contributed by atoms with van der Waals surface area (Å²) in [7, 11) is 0. The summed E-state index contributed by atoms with van der Waals surface area (Å²) < 4.78 is 5.50. The number of furan rings is 1. The molecule has 0 aliphatic carbocycles. The zero-order valence-corrected chi connectivity index (χ0v) is 10.5. The number of para-hydroxylation sites is 1. The van der Waals surface area contributed by atoms with Gasteiger partial charge in [0.15, 0.2) is 5.76 Å². The van der Waals surface area contributed by atoms with Gasteiger partial charge >= 0.3 is 5.88 Å². The topological polar surface area (TPSA) is 85.4 Å². The van der Waals surface area contributed by atoms with Crippen LogP contribution in [-0.4, -0.2) is 10.8 Å². The summed E-state index contributed by atoms with van der Waals surface area (Å²) in [6.07, 6.45) is 0. The first-order valence-electron chi connectivity index (χ1n) is 4.88. The predicted molar refractivity (Wildman–Crippen MR) is 67.5 cm³/mol. The molecule has 0 saturated heterocycles. The molecule has 1 heterocycles. The Bertz CT molecular complexity index is 609. The second-order valence-corrected chi connectivity index (χ2v) is 4.18. The molecule has 0 unspecified atom stereocenters. The van der Waals surface area contributed by atoms with Crippen molar-refractivity contribution in [2.45, 2.75) is 0 Å². The van der Waals surface area contributed by atoms with Crippen LogP contribution in [0.15, 0.2) is 45.3 Å². The van der Waals surface area contributed by atoms with Gasteiger partial charge in [-0.15, -0.1) is 0 Å². The lowest BCUT2D eigenvalue weighted by atomic mass is 10.3. The van der Waals surface area contributed by atoms with Crippen molar-refractivity contribution in [1.82, 2.24) is 0 Å². The van der Waals surface area contributed by atoms with E-state index in [1.54, 1.807) is 24.3 Å². The standard InChI is InChI=1S/C11H7BrN2O4/c12-7-3-1-2-4-8(7)13-11(15)9-5-6-10(18-9)14(16)17/h1-6H,(H,13,15). The third-order valence-corrected chi connectivity index (χ3v) is 2.81. The van der Waals surface area contributed by atoms with Crippen molar-refractivity contribution in [2.24, 2.45) is 0 Å². The first-order valence-corrected chi connectivity index (χ1v) is 5.67. The van der Waals surface area contributed by atoms with Gasteiger partial charge in [-0.25, -0.2) is 0 Å². The van der Waals surface area contributed by atoms with Gasteiger partial charge in [-0.1, -0.05) is 12.1 Å². The van der Waals surface area contributed by atoms with Crippen LogP contribution in [0.4, 0.5) is 11.6 Å². The van der Waals surface area contributed by atoms with Crippen LogP contribution < -0.4 is 5.32 Å². The highest BCUT2D eigenvalue weighted by molar-refractivity contribution is 9.10. The number of hydrogen-bond donors (Lipinski definition) is 1. The molecule has 0 saturated carbocycles. The predicted octanol–water partition coefficient (Wildman–Crippen LogP) is 3.20. The monoisotopic (exact) mass is 310 g/mol. The Morgan fingerprint density at radius 3 is 2.61 bits per heavy atom. The summed E-state index contributed by atoms with van der Waals surface area (Å²) in [5.74, 6) is -1.13. The Morgan fingerprint density at radius 1 is 1.28 bits per heavy atom. The quantitative estimate of drug-likeness (QED) is 0.696. The number of anilines is 1. The molecule has 2 rings (SSSR count). The van der Waals surface area contributed by atoms with Crippen LogP contribution in [0.25, 0.3) is 0 Å². The molecule has 0 spiro atoms. The number of nitrogens with one attached hydrogen (secondary N) is 1. The van der Waals surface area contributed by atoms with Gasteiger partial charge in [0, 0.05) is 4.47 Å². The molecule has 1 aromatic carbocycles. The first-order chi connectivity index (χ1) is 8.58. The number of nitrogens with zero attached hydrogens (tertiary/aromatic N) is 1. The molecule has 0 aliphatic heterocycles. The summed E-state index contributed by atoms with van der Waals surface area (Å²) in [4.78, 5) is 21.5. The third-order valence-electron chi connectivity index (χ3n) is 2.12. The van der Waals surface area contributed by atoms with Crippen LogP contribution in [0.2, 0.25) is 0 Å². The van der Waals surface area contributed by atoms with E-state index in [0.29, 0.717) is 10.2 Å². The van der Waals surface area contributed by atoms with Gasteiger partial charge in [-0.2, -0.15) is 0 Å². The van der Waals surface area contributed by atoms with Crippen molar-refractivity contribution in [1.29, 1.82) is 0 Å². The van der Waals surface area contributed by atoms with E-state index in [1.165, 1.54) is 6.07 Å². The zero-order valence-electron chi connectivity index (χ0n) is 8.92. The molecule has 2 aromatic rings. The van der Waals surface area contributed by atoms with Crippen molar-refractivity contribution < 1.29 is 14.1 Å². The maximum atomic E-state index is 11.8. The average molecular weight is 311 g/mol. The van der Waals surface area contributed by atoms with Crippen molar-refractivity contribution in [3.05, 3.63) is 56.7 Å². The van der Waals surface area contributed by atoms with E-state index in [9.17, 15) is 14.9 Å². The van der Waals surface area contributed by atoms with Gasteiger partial charge < -0.3 is 9.73 Å². The molecule has 92 valence electrons.